The van der Waals surface area contributed by atoms with Gasteiger partial charge in [0.25, 0.3) is 0 Å². The molecule has 2 rings (SSSR count). The first-order chi connectivity index (χ1) is 13.4. The molecule has 6 nitrogen and oxygen atoms in total. The average molecular weight is 404 g/mol. The summed E-state index contributed by atoms with van der Waals surface area (Å²) in [7, 11) is 0. The number of rotatable bonds is 6. The lowest BCUT2D eigenvalue weighted by Crippen LogP contribution is -2.36. The molecule has 6 heteroatoms. The highest BCUT2D eigenvalue weighted by Crippen LogP contribution is 2.18. The molecular weight excluding hydrogens is 366 g/mol. The number of pyridine rings is 1. The summed E-state index contributed by atoms with van der Waals surface area (Å²) in [5.41, 5.74) is 1.22. The zero-order valence-corrected chi connectivity index (χ0v) is 19.4. The second-order valence-corrected chi connectivity index (χ2v) is 8.70. The highest BCUT2D eigenvalue weighted by Gasteiger charge is 2.23. The highest BCUT2D eigenvalue weighted by atomic mass is 16.6. The molecule has 0 atom stereocenters. The number of carbonyl (C=O) groups excluding carboxylic acids is 2. The van der Waals surface area contributed by atoms with Crippen LogP contribution in [0, 0.1) is 6.92 Å². The highest BCUT2D eigenvalue weighted by molar-refractivity contribution is 6.10. The molecule has 0 aliphatic carbocycles. The third-order valence-corrected chi connectivity index (χ3v) is 4.41. The molecule has 162 valence electrons. The van der Waals surface area contributed by atoms with Crippen molar-refractivity contribution < 1.29 is 14.3 Å². The van der Waals surface area contributed by atoms with Gasteiger partial charge in [-0.2, -0.15) is 5.10 Å². The van der Waals surface area contributed by atoms with Crippen LogP contribution in [0.5, 0.6) is 0 Å². The number of aromatic nitrogens is 2. The number of hydrogen-bond donors (Lipinski definition) is 0. The van der Waals surface area contributed by atoms with E-state index < -0.39 is 11.6 Å². The monoisotopic (exact) mass is 403 g/mol. The molecule has 0 unspecified atom stereocenters. The van der Waals surface area contributed by atoms with Gasteiger partial charge < -0.3 is 4.74 Å². The van der Waals surface area contributed by atoms with Crippen molar-refractivity contribution in [1.82, 2.24) is 14.5 Å². The van der Waals surface area contributed by atoms with Crippen molar-refractivity contribution in [2.75, 3.05) is 6.54 Å². The van der Waals surface area contributed by atoms with Gasteiger partial charge in [-0.3, -0.25) is 14.5 Å². The molecule has 0 aromatic carbocycles. The van der Waals surface area contributed by atoms with E-state index in [0.29, 0.717) is 28.9 Å². The summed E-state index contributed by atoms with van der Waals surface area (Å²) < 4.78 is 6.81. The zero-order chi connectivity index (χ0) is 22.4. The number of ketones is 1. The largest absolute Gasteiger partial charge is 0.460 e. The number of Topliss-reactive ketones (excluding diaryl/α,β-unsaturated/α-hetero) is 1. The van der Waals surface area contributed by atoms with Crippen LogP contribution < -0.4 is 0 Å². The standard InChI is InChI=1S/C15H18N2O3.C8H19N/c1-10-14(11-7-5-6-8-17(11)16-10)12(18)9-13(19)20-15(2,3)4;1-6-9(7(2)3)8(4)5/h5-8H,9H2,1-4H3;7-8H,6H2,1-5H3. The van der Waals surface area contributed by atoms with E-state index in [1.165, 1.54) is 0 Å². The van der Waals surface area contributed by atoms with Crippen LogP contribution >= 0.6 is 0 Å². The molecule has 0 aliphatic rings. The van der Waals surface area contributed by atoms with E-state index in [0.717, 1.165) is 6.54 Å². The van der Waals surface area contributed by atoms with E-state index >= 15 is 0 Å². The summed E-state index contributed by atoms with van der Waals surface area (Å²) in [5.74, 6) is -0.782. The van der Waals surface area contributed by atoms with E-state index in [2.05, 4.69) is 44.6 Å². The van der Waals surface area contributed by atoms with Crippen molar-refractivity contribution in [1.29, 1.82) is 0 Å². The third-order valence-electron chi connectivity index (χ3n) is 4.41. The molecule has 0 saturated carbocycles. The number of esters is 1. The predicted octanol–water partition coefficient (Wildman–Crippen LogP) is 4.68. The van der Waals surface area contributed by atoms with Crippen molar-refractivity contribution in [2.24, 2.45) is 0 Å². The first-order valence-corrected chi connectivity index (χ1v) is 10.3. The summed E-state index contributed by atoms with van der Waals surface area (Å²) in [4.78, 5) is 26.5. The summed E-state index contributed by atoms with van der Waals surface area (Å²) in [6.07, 6.45) is 1.50. The lowest BCUT2D eigenvalue weighted by molar-refractivity contribution is -0.153. The third kappa shape index (κ3) is 7.61. The molecule has 0 bridgehead atoms. The summed E-state index contributed by atoms with van der Waals surface area (Å²) >= 11 is 0. The molecule has 0 fully saturated rings. The van der Waals surface area contributed by atoms with Gasteiger partial charge in [-0.15, -0.1) is 0 Å². The fourth-order valence-corrected chi connectivity index (χ4v) is 3.38. The lowest BCUT2D eigenvalue weighted by Gasteiger charge is -2.28. The molecule has 2 aromatic rings. The van der Waals surface area contributed by atoms with Crippen molar-refractivity contribution in [3.8, 4) is 0 Å². The zero-order valence-electron chi connectivity index (χ0n) is 19.4. The molecule has 0 N–H and O–H groups in total. The van der Waals surface area contributed by atoms with E-state index in [9.17, 15) is 9.59 Å². The quantitative estimate of drug-likeness (QED) is 0.398. The number of nitrogens with zero attached hydrogens (tertiary/aromatic N) is 3. The molecule has 2 aromatic heterocycles. The minimum Gasteiger partial charge on any atom is -0.460 e. The Hall–Kier alpha value is -2.21. The van der Waals surface area contributed by atoms with Gasteiger partial charge in [-0.1, -0.05) is 13.0 Å². The predicted molar refractivity (Wildman–Crippen MR) is 117 cm³/mol. The fourth-order valence-electron chi connectivity index (χ4n) is 3.38. The van der Waals surface area contributed by atoms with Gasteiger partial charge in [-0.25, -0.2) is 4.52 Å². The number of hydrogen-bond acceptors (Lipinski definition) is 5. The smallest absolute Gasteiger partial charge is 0.314 e. The molecule has 2 heterocycles. The average Bonchev–Trinajstić information content (AvgIpc) is 2.89. The Kier molecular flexibility index (Phi) is 9.02. The van der Waals surface area contributed by atoms with Gasteiger partial charge in [0.2, 0.25) is 0 Å². The second-order valence-electron chi connectivity index (χ2n) is 8.70. The lowest BCUT2D eigenvalue weighted by atomic mass is 10.1. The maximum absolute atomic E-state index is 12.3. The number of aryl methyl sites for hydroxylation is 1. The fraction of sp³-hybridized carbons (Fsp3) is 0.609. The molecule has 0 spiro atoms. The maximum atomic E-state index is 12.3. The van der Waals surface area contributed by atoms with Crippen LogP contribution in [0.3, 0.4) is 0 Å². The van der Waals surface area contributed by atoms with Crippen LogP contribution in [0.2, 0.25) is 0 Å². The Morgan fingerprint density at radius 1 is 1.14 bits per heavy atom. The van der Waals surface area contributed by atoms with Gasteiger partial charge in [0, 0.05) is 18.3 Å². The minimum atomic E-state index is -0.590. The molecule has 0 saturated heterocycles. The molecule has 29 heavy (non-hydrogen) atoms. The van der Waals surface area contributed by atoms with Gasteiger partial charge in [0.15, 0.2) is 5.78 Å². The first kappa shape index (κ1) is 24.8. The van der Waals surface area contributed by atoms with Crippen LogP contribution in [0.25, 0.3) is 5.52 Å². The van der Waals surface area contributed by atoms with Crippen molar-refractivity contribution in [3.63, 3.8) is 0 Å². The summed E-state index contributed by atoms with van der Waals surface area (Å²) in [5, 5.41) is 4.26. The molecular formula is C23H37N3O3. The van der Waals surface area contributed by atoms with Crippen LogP contribution in [-0.4, -0.2) is 50.5 Å². The van der Waals surface area contributed by atoms with Gasteiger partial charge >= 0.3 is 5.97 Å². The van der Waals surface area contributed by atoms with Crippen LogP contribution in [0.4, 0.5) is 0 Å². The van der Waals surface area contributed by atoms with Gasteiger partial charge in [-0.05, 0) is 74.1 Å². The first-order valence-electron chi connectivity index (χ1n) is 10.3. The van der Waals surface area contributed by atoms with E-state index in [1.54, 1.807) is 38.4 Å². The molecule has 0 aliphatic heterocycles. The van der Waals surface area contributed by atoms with E-state index in [-0.39, 0.29) is 12.2 Å². The molecule has 0 amide bonds. The number of fused-ring (bicyclic) bond motifs is 1. The van der Waals surface area contributed by atoms with Crippen LogP contribution in [0.1, 0.15) is 77.9 Å². The Balaban J connectivity index is 0.000000396. The van der Waals surface area contributed by atoms with Crippen LogP contribution in [-0.2, 0) is 9.53 Å². The van der Waals surface area contributed by atoms with Crippen LogP contribution in [0.15, 0.2) is 24.4 Å². The second kappa shape index (κ2) is 10.5. The van der Waals surface area contributed by atoms with Gasteiger partial charge in [0.05, 0.1) is 16.8 Å². The Morgan fingerprint density at radius 2 is 1.72 bits per heavy atom. The van der Waals surface area contributed by atoms with Gasteiger partial charge in [0.1, 0.15) is 12.0 Å². The normalized spacial score (nSPS) is 11.7. The Labute approximate surface area is 175 Å². The minimum absolute atomic E-state index is 0.266. The van der Waals surface area contributed by atoms with Crippen molar-refractivity contribution >= 4 is 17.3 Å². The summed E-state index contributed by atoms with van der Waals surface area (Å²) in [6.45, 7) is 19.4. The number of ether oxygens (including phenoxy) is 1. The van der Waals surface area contributed by atoms with E-state index in [4.69, 9.17) is 4.74 Å². The SMILES string of the molecule is CCN(C(C)C)C(C)C.Cc1nn2ccccc2c1C(=O)CC(=O)OC(C)(C)C. The Morgan fingerprint density at radius 3 is 2.17 bits per heavy atom. The van der Waals surface area contributed by atoms with Crippen molar-refractivity contribution in [2.45, 2.75) is 86.4 Å². The van der Waals surface area contributed by atoms with E-state index in [1.807, 2.05) is 18.2 Å². The molecule has 0 radical (unpaired) electrons. The summed E-state index contributed by atoms with van der Waals surface area (Å²) in [6, 6.07) is 6.86. The topological polar surface area (TPSA) is 63.9 Å². The van der Waals surface area contributed by atoms with Crippen molar-refractivity contribution in [3.05, 3.63) is 35.7 Å². The number of carbonyl (C=O) groups is 2. The Bertz CT molecular complexity index is 808. The maximum Gasteiger partial charge on any atom is 0.314 e.